The lowest BCUT2D eigenvalue weighted by molar-refractivity contribution is 0.0874. The van der Waals surface area contributed by atoms with Crippen molar-refractivity contribution in [3.63, 3.8) is 0 Å². The summed E-state index contributed by atoms with van der Waals surface area (Å²) in [5.41, 5.74) is 0.602. The highest BCUT2D eigenvalue weighted by molar-refractivity contribution is 4.98. The molecule has 2 heterocycles. The van der Waals surface area contributed by atoms with Gasteiger partial charge in [0.1, 0.15) is 0 Å². The zero-order valence-electron chi connectivity index (χ0n) is 8.55. The quantitative estimate of drug-likeness (QED) is 0.684. The van der Waals surface area contributed by atoms with Crippen molar-refractivity contribution in [3.8, 4) is 0 Å². The SMILES string of the molecule is CC1(CN2CC3CCC2C3)CNC1. The molecule has 2 bridgehead atoms. The number of likely N-dealkylation sites (tertiary alicyclic amines) is 1. The van der Waals surface area contributed by atoms with Crippen LogP contribution in [0.5, 0.6) is 0 Å². The van der Waals surface area contributed by atoms with E-state index in [1.165, 1.54) is 45.4 Å². The molecule has 0 spiro atoms. The Hall–Kier alpha value is -0.0800. The topological polar surface area (TPSA) is 15.3 Å². The molecule has 1 N–H and O–H groups in total. The highest BCUT2D eigenvalue weighted by Crippen LogP contribution is 2.39. The van der Waals surface area contributed by atoms with Crippen molar-refractivity contribution < 1.29 is 0 Å². The Kier molecular flexibility index (Phi) is 1.72. The fourth-order valence-corrected chi connectivity index (χ4v) is 3.37. The summed E-state index contributed by atoms with van der Waals surface area (Å²) >= 11 is 0. The summed E-state index contributed by atoms with van der Waals surface area (Å²) in [6.07, 6.45) is 4.49. The molecule has 2 heteroatoms. The van der Waals surface area contributed by atoms with Gasteiger partial charge in [-0.1, -0.05) is 6.92 Å². The highest BCUT2D eigenvalue weighted by Gasteiger charge is 2.42. The summed E-state index contributed by atoms with van der Waals surface area (Å²) < 4.78 is 0. The molecule has 0 aromatic rings. The molecule has 3 aliphatic rings. The maximum atomic E-state index is 3.39. The molecule has 1 aliphatic carbocycles. The van der Waals surface area contributed by atoms with Gasteiger partial charge in [0.15, 0.2) is 0 Å². The molecular formula is C11H20N2. The van der Waals surface area contributed by atoms with Crippen LogP contribution in [-0.4, -0.2) is 37.1 Å². The lowest BCUT2D eigenvalue weighted by atomic mass is 9.83. The van der Waals surface area contributed by atoms with Crippen LogP contribution in [0, 0.1) is 11.3 Å². The summed E-state index contributed by atoms with van der Waals surface area (Å²) in [5.74, 6) is 1.06. The van der Waals surface area contributed by atoms with Crippen LogP contribution in [0.2, 0.25) is 0 Å². The lowest BCUT2D eigenvalue weighted by Crippen LogP contribution is -2.57. The van der Waals surface area contributed by atoms with Crippen molar-refractivity contribution in [1.82, 2.24) is 10.2 Å². The third-order valence-corrected chi connectivity index (χ3v) is 4.21. The van der Waals surface area contributed by atoms with Gasteiger partial charge < -0.3 is 5.32 Å². The van der Waals surface area contributed by atoms with E-state index < -0.39 is 0 Å². The average Bonchev–Trinajstić information content (AvgIpc) is 2.62. The van der Waals surface area contributed by atoms with Crippen LogP contribution in [0.1, 0.15) is 26.2 Å². The molecule has 2 atom stereocenters. The minimum absolute atomic E-state index is 0.602. The van der Waals surface area contributed by atoms with Crippen LogP contribution >= 0.6 is 0 Å². The van der Waals surface area contributed by atoms with Gasteiger partial charge in [-0.15, -0.1) is 0 Å². The minimum atomic E-state index is 0.602. The van der Waals surface area contributed by atoms with Crippen molar-refractivity contribution in [1.29, 1.82) is 0 Å². The van der Waals surface area contributed by atoms with Gasteiger partial charge in [-0.2, -0.15) is 0 Å². The first-order valence-corrected chi connectivity index (χ1v) is 5.70. The van der Waals surface area contributed by atoms with Gasteiger partial charge in [0.2, 0.25) is 0 Å². The second-order valence-corrected chi connectivity index (χ2v) is 5.68. The molecule has 0 aromatic carbocycles. The Morgan fingerprint density at radius 2 is 2.23 bits per heavy atom. The summed E-state index contributed by atoms with van der Waals surface area (Å²) in [6, 6.07) is 0.961. The van der Waals surface area contributed by atoms with E-state index in [9.17, 15) is 0 Å². The molecule has 3 fully saturated rings. The Morgan fingerprint density at radius 1 is 1.38 bits per heavy atom. The van der Waals surface area contributed by atoms with Crippen LogP contribution in [0.4, 0.5) is 0 Å². The van der Waals surface area contributed by atoms with Gasteiger partial charge in [-0.05, 0) is 25.2 Å². The van der Waals surface area contributed by atoms with Gasteiger partial charge in [0, 0.05) is 37.6 Å². The summed E-state index contributed by atoms with van der Waals surface area (Å²) in [5, 5.41) is 3.39. The molecule has 2 aliphatic heterocycles. The number of fused-ring (bicyclic) bond motifs is 2. The molecule has 2 nitrogen and oxygen atoms in total. The molecule has 2 saturated heterocycles. The molecule has 3 rings (SSSR count). The Labute approximate surface area is 80.7 Å². The maximum absolute atomic E-state index is 3.39. The number of nitrogens with zero attached hydrogens (tertiary/aromatic N) is 1. The maximum Gasteiger partial charge on any atom is 0.00988 e. The largest absolute Gasteiger partial charge is 0.315 e. The van der Waals surface area contributed by atoms with Crippen molar-refractivity contribution >= 4 is 0 Å². The zero-order valence-corrected chi connectivity index (χ0v) is 8.55. The second kappa shape index (κ2) is 2.71. The van der Waals surface area contributed by atoms with Crippen LogP contribution in [0.3, 0.4) is 0 Å². The van der Waals surface area contributed by atoms with E-state index in [2.05, 4.69) is 17.1 Å². The number of nitrogens with one attached hydrogen (secondary N) is 1. The Bertz CT molecular complexity index is 210. The standard InChI is InChI=1S/C11H20N2/c1-11(6-12-7-11)8-13-5-9-2-3-10(13)4-9/h9-10,12H,2-8H2,1H3. The third-order valence-electron chi connectivity index (χ3n) is 4.21. The number of hydrogen-bond acceptors (Lipinski definition) is 2. The Balaban J connectivity index is 1.61. The van der Waals surface area contributed by atoms with E-state index in [1.807, 2.05) is 0 Å². The summed E-state index contributed by atoms with van der Waals surface area (Å²) in [6.45, 7) is 7.65. The molecule has 0 aromatic heterocycles. The minimum Gasteiger partial charge on any atom is -0.315 e. The van der Waals surface area contributed by atoms with Gasteiger partial charge in [0.25, 0.3) is 0 Å². The van der Waals surface area contributed by atoms with E-state index in [4.69, 9.17) is 0 Å². The van der Waals surface area contributed by atoms with Gasteiger partial charge >= 0.3 is 0 Å². The smallest absolute Gasteiger partial charge is 0.00988 e. The van der Waals surface area contributed by atoms with Crippen molar-refractivity contribution in [2.45, 2.75) is 32.2 Å². The number of piperidine rings is 1. The lowest BCUT2D eigenvalue weighted by Gasteiger charge is -2.44. The van der Waals surface area contributed by atoms with Crippen molar-refractivity contribution in [2.75, 3.05) is 26.2 Å². The predicted octanol–water partition coefficient (Wildman–Crippen LogP) is 1.08. The molecule has 13 heavy (non-hydrogen) atoms. The number of rotatable bonds is 2. The number of hydrogen-bond donors (Lipinski definition) is 1. The summed E-state index contributed by atoms with van der Waals surface area (Å²) in [4.78, 5) is 2.76. The van der Waals surface area contributed by atoms with Crippen molar-refractivity contribution in [3.05, 3.63) is 0 Å². The van der Waals surface area contributed by atoms with E-state index in [0.29, 0.717) is 5.41 Å². The van der Waals surface area contributed by atoms with Crippen LogP contribution in [0.25, 0.3) is 0 Å². The molecule has 2 unspecified atom stereocenters. The molecular weight excluding hydrogens is 160 g/mol. The monoisotopic (exact) mass is 180 g/mol. The van der Waals surface area contributed by atoms with Crippen molar-refractivity contribution in [2.24, 2.45) is 11.3 Å². The molecule has 0 amide bonds. The van der Waals surface area contributed by atoms with E-state index in [0.717, 1.165) is 12.0 Å². The van der Waals surface area contributed by atoms with E-state index in [1.54, 1.807) is 0 Å². The fraction of sp³-hybridized carbons (Fsp3) is 1.00. The summed E-state index contributed by atoms with van der Waals surface area (Å²) in [7, 11) is 0. The van der Waals surface area contributed by atoms with E-state index >= 15 is 0 Å². The first kappa shape index (κ1) is 8.25. The average molecular weight is 180 g/mol. The Morgan fingerprint density at radius 3 is 2.69 bits per heavy atom. The highest BCUT2D eigenvalue weighted by atomic mass is 15.2. The molecule has 74 valence electrons. The van der Waals surface area contributed by atoms with Crippen LogP contribution in [-0.2, 0) is 0 Å². The van der Waals surface area contributed by atoms with Gasteiger partial charge in [-0.3, -0.25) is 4.90 Å². The molecule has 1 saturated carbocycles. The fourth-order valence-electron chi connectivity index (χ4n) is 3.37. The van der Waals surface area contributed by atoms with E-state index in [-0.39, 0.29) is 0 Å². The predicted molar refractivity (Wildman–Crippen MR) is 53.7 cm³/mol. The normalized spacial score (nSPS) is 42.2. The van der Waals surface area contributed by atoms with Gasteiger partial charge in [0.05, 0.1) is 0 Å². The first-order chi connectivity index (χ1) is 6.25. The van der Waals surface area contributed by atoms with Crippen LogP contribution < -0.4 is 5.32 Å². The first-order valence-electron chi connectivity index (χ1n) is 5.70. The zero-order chi connectivity index (χ0) is 8.89. The second-order valence-electron chi connectivity index (χ2n) is 5.68. The van der Waals surface area contributed by atoms with Gasteiger partial charge in [-0.25, -0.2) is 0 Å². The van der Waals surface area contributed by atoms with Crippen LogP contribution in [0.15, 0.2) is 0 Å². The third kappa shape index (κ3) is 1.31. The molecule has 0 radical (unpaired) electrons.